The molecule has 2 atom stereocenters. The van der Waals surface area contributed by atoms with E-state index in [1.165, 1.54) is 0 Å². The molecular formula is C11H17N3O2. The van der Waals surface area contributed by atoms with Crippen molar-refractivity contribution in [3.8, 4) is 0 Å². The Morgan fingerprint density at radius 1 is 1.62 bits per heavy atom. The van der Waals surface area contributed by atoms with Gasteiger partial charge in [-0.2, -0.15) is 5.10 Å². The van der Waals surface area contributed by atoms with Gasteiger partial charge in [-0.3, -0.25) is 14.4 Å². The van der Waals surface area contributed by atoms with Crippen molar-refractivity contribution < 1.29 is 9.90 Å². The van der Waals surface area contributed by atoms with Gasteiger partial charge in [-0.1, -0.05) is 6.92 Å². The summed E-state index contributed by atoms with van der Waals surface area (Å²) in [5.41, 5.74) is 1.00. The van der Waals surface area contributed by atoms with Crippen LogP contribution in [0.5, 0.6) is 0 Å². The molecule has 1 aromatic rings. The Morgan fingerprint density at radius 2 is 2.38 bits per heavy atom. The van der Waals surface area contributed by atoms with Crippen LogP contribution in [-0.2, 0) is 18.4 Å². The van der Waals surface area contributed by atoms with Crippen LogP contribution >= 0.6 is 0 Å². The van der Waals surface area contributed by atoms with Crippen LogP contribution in [0.15, 0.2) is 12.3 Å². The topological polar surface area (TPSA) is 58.4 Å². The van der Waals surface area contributed by atoms with E-state index in [1.807, 2.05) is 26.2 Å². The van der Waals surface area contributed by atoms with E-state index in [0.717, 1.165) is 18.8 Å². The summed E-state index contributed by atoms with van der Waals surface area (Å²) in [5, 5.41) is 13.3. The van der Waals surface area contributed by atoms with Crippen LogP contribution < -0.4 is 0 Å². The molecule has 1 fully saturated rings. The van der Waals surface area contributed by atoms with Gasteiger partial charge in [0.2, 0.25) is 0 Å². The molecule has 16 heavy (non-hydrogen) atoms. The van der Waals surface area contributed by atoms with Gasteiger partial charge in [0.15, 0.2) is 0 Å². The summed E-state index contributed by atoms with van der Waals surface area (Å²) in [6.07, 6.45) is 1.91. The van der Waals surface area contributed by atoms with Gasteiger partial charge >= 0.3 is 5.97 Å². The lowest BCUT2D eigenvalue weighted by Gasteiger charge is -2.12. The zero-order valence-electron chi connectivity index (χ0n) is 9.63. The monoisotopic (exact) mass is 223 g/mol. The molecule has 5 heteroatoms. The molecule has 0 bridgehead atoms. The number of hydrogen-bond donors (Lipinski definition) is 1. The van der Waals surface area contributed by atoms with Crippen molar-refractivity contribution in [1.82, 2.24) is 14.7 Å². The Hall–Kier alpha value is -1.36. The highest BCUT2D eigenvalue weighted by Crippen LogP contribution is 2.24. The van der Waals surface area contributed by atoms with Crippen LogP contribution in [0.25, 0.3) is 0 Å². The number of carboxylic acid groups (broad SMARTS) is 1. The molecule has 2 heterocycles. The maximum Gasteiger partial charge on any atom is 0.308 e. The molecule has 1 aromatic heterocycles. The lowest BCUT2D eigenvalue weighted by atomic mass is 9.99. The maximum absolute atomic E-state index is 11.0. The van der Waals surface area contributed by atoms with E-state index in [9.17, 15) is 4.79 Å². The molecule has 2 rings (SSSR count). The Morgan fingerprint density at radius 3 is 2.88 bits per heavy atom. The number of aromatic nitrogens is 2. The lowest BCUT2D eigenvalue weighted by molar-refractivity contribution is -0.142. The summed E-state index contributed by atoms with van der Waals surface area (Å²) in [7, 11) is 1.89. The van der Waals surface area contributed by atoms with Crippen LogP contribution in [0.1, 0.15) is 12.6 Å². The molecule has 0 radical (unpaired) electrons. The molecule has 1 aliphatic rings. The Bertz CT molecular complexity index is 388. The fourth-order valence-corrected chi connectivity index (χ4v) is 2.29. The Labute approximate surface area is 94.7 Å². The van der Waals surface area contributed by atoms with E-state index < -0.39 is 5.97 Å². The molecule has 0 amide bonds. The van der Waals surface area contributed by atoms with Gasteiger partial charge in [-0.15, -0.1) is 0 Å². The molecule has 0 aliphatic carbocycles. The first-order valence-corrected chi connectivity index (χ1v) is 5.50. The van der Waals surface area contributed by atoms with E-state index in [-0.39, 0.29) is 11.8 Å². The van der Waals surface area contributed by atoms with Gasteiger partial charge in [0, 0.05) is 32.9 Å². The molecule has 1 N–H and O–H groups in total. The largest absolute Gasteiger partial charge is 0.481 e. The number of hydrogen-bond acceptors (Lipinski definition) is 3. The minimum atomic E-state index is -0.684. The van der Waals surface area contributed by atoms with Gasteiger partial charge in [0.25, 0.3) is 0 Å². The summed E-state index contributed by atoms with van der Waals surface area (Å²) >= 11 is 0. The Balaban J connectivity index is 1.96. The van der Waals surface area contributed by atoms with Gasteiger partial charge < -0.3 is 5.11 Å². The number of aryl methyl sites for hydroxylation is 1. The van der Waals surface area contributed by atoms with Crippen LogP contribution in [0.3, 0.4) is 0 Å². The number of likely N-dealkylation sites (tertiary alicyclic amines) is 1. The Kier molecular flexibility index (Phi) is 2.96. The third kappa shape index (κ3) is 2.24. The molecule has 0 aromatic carbocycles. The molecule has 1 saturated heterocycles. The van der Waals surface area contributed by atoms with Crippen LogP contribution in [0.4, 0.5) is 0 Å². The van der Waals surface area contributed by atoms with Crippen LogP contribution in [0.2, 0.25) is 0 Å². The fourth-order valence-electron chi connectivity index (χ4n) is 2.29. The second-order valence-electron chi connectivity index (χ2n) is 4.60. The third-order valence-corrected chi connectivity index (χ3v) is 3.16. The highest BCUT2D eigenvalue weighted by atomic mass is 16.4. The number of rotatable bonds is 3. The highest BCUT2D eigenvalue weighted by Gasteiger charge is 2.34. The van der Waals surface area contributed by atoms with Gasteiger partial charge in [0.05, 0.1) is 11.6 Å². The van der Waals surface area contributed by atoms with Crippen molar-refractivity contribution in [1.29, 1.82) is 0 Å². The SMILES string of the molecule is C[C@@H]1CN(Cc2ccn(C)n2)C[C@H]1C(=O)O. The first kappa shape index (κ1) is 11.1. The van der Waals surface area contributed by atoms with Crippen molar-refractivity contribution in [3.05, 3.63) is 18.0 Å². The van der Waals surface area contributed by atoms with Crippen LogP contribution in [0, 0.1) is 11.8 Å². The zero-order valence-corrected chi connectivity index (χ0v) is 9.63. The minimum absolute atomic E-state index is 0.223. The van der Waals surface area contributed by atoms with Gasteiger partial charge in [0.1, 0.15) is 0 Å². The van der Waals surface area contributed by atoms with Crippen molar-refractivity contribution >= 4 is 5.97 Å². The average molecular weight is 223 g/mol. The van der Waals surface area contributed by atoms with E-state index in [0.29, 0.717) is 6.54 Å². The number of nitrogens with zero attached hydrogens (tertiary/aromatic N) is 3. The fraction of sp³-hybridized carbons (Fsp3) is 0.636. The molecule has 0 unspecified atom stereocenters. The molecular weight excluding hydrogens is 206 g/mol. The lowest BCUT2D eigenvalue weighted by Crippen LogP contribution is -2.23. The van der Waals surface area contributed by atoms with Crippen molar-refractivity contribution in [2.24, 2.45) is 18.9 Å². The van der Waals surface area contributed by atoms with Gasteiger partial charge in [-0.05, 0) is 12.0 Å². The molecule has 88 valence electrons. The second kappa shape index (κ2) is 4.25. The summed E-state index contributed by atoms with van der Waals surface area (Å²) in [5.74, 6) is -0.694. The smallest absolute Gasteiger partial charge is 0.308 e. The van der Waals surface area contributed by atoms with Gasteiger partial charge in [-0.25, -0.2) is 0 Å². The molecule has 0 saturated carbocycles. The molecule has 0 spiro atoms. The number of carbonyl (C=O) groups is 1. The number of aliphatic carboxylic acids is 1. The minimum Gasteiger partial charge on any atom is -0.481 e. The first-order chi connectivity index (χ1) is 7.56. The summed E-state index contributed by atoms with van der Waals surface area (Å²) in [6.45, 7) is 4.22. The number of carboxylic acids is 1. The third-order valence-electron chi connectivity index (χ3n) is 3.16. The van der Waals surface area contributed by atoms with Crippen LogP contribution in [-0.4, -0.2) is 38.8 Å². The van der Waals surface area contributed by atoms with Crippen molar-refractivity contribution in [2.75, 3.05) is 13.1 Å². The summed E-state index contributed by atoms with van der Waals surface area (Å²) in [6, 6.07) is 1.97. The quantitative estimate of drug-likeness (QED) is 0.814. The summed E-state index contributed by atoms with van der Waals surface area (Å²) < 4.78 is 1.77. The maximum atomic E-state index is 11.0. The predicted octanol–water partition coefficient (Wildman–Crippen LogP) is 0.573. The van der Waals surface area contributed by atoms with Crippen molar-refractivity contribution in [3.63, 3.8) is 0 Å². The van der Waals surface area contributed by atoms with E-state index in [1.54, 1.807) is 4.68 Å². The highest BCUT2D eigenvalue weighted by molar-refractivity contribution is 5.71. The predicted molar refractivity (Wildman–Crippen MR) is 58.8 cm³/mol. The summed E-state index contributed by atoms with van der Waals surface area (Å²) in [4.78, 5) is 13.1. The van der Waals surface area contributed by atoms with E-state index in [2.05, 4.69) is 10.00 Å². The normalized spacial score (nSPS) is 26.1. The van der Waals surface area contributed by atoms with Crippen molar-refractivity contribution in [2.45, 2.75) is 13.5 Å². The van der Waals surface area contributed by atoms with E-state index >= 15 is 0 Å². The standard InChI is InChI=1S/C11H17N3O2/c1-8-5-14(7-10(8)11(15)16)6-9-3-4-13(2)12-9/h3-4,8,10H,5-7H2,1-2H3,(H,15,16)/t8-,10-/m1/s1. The second-order valence-corrected chi connectivity index (χ2v) is 4.60. The molecule has 1 aliphatic heterocycles. The average Bonchev–Trinajstić information content (AvgIpc) is 2.73. The molecule has 5 nitrogen and oxygen atoms in total. The zero-order chi connectivity index (χ0) is 11.7. The van der Waals surface area contributed by atoms with E-state index in [4.69, 9.17) is 5.11 Å². The first-order valence-electron chi connectivity index (χ1n) is 5.50.